The molecule has 0 bridgehead atoms. The maximum atomic E-state index is 11.3. The van der Waals surface area contributed by atoms with Crippen LogP contribution >= 0.6 is 0 Å². The average molecular weight is 939 g/mol. The van der Waals surface area contributed by atoms with Crippen molar-refractivity contribution in [1.82, 2.24) is 0 Å². The summed E-state index contributed by atoms with van der Waals surface area (Å²) in [5, 5.41) is 3.50. The number of fused-ring (bicyclic) bond motifs is 4. The van der Waals surface area contributed by atoms with Gasteiger partial charge in [0, 0.05) is 44.4 Å². The molecule has 1 spiro atoms. The minimum absolute atomic E-state index is 0. The van der Waals surface area contributed by atoms with Crippen molar-refractivity contribution in [3.63, 3.8) is 0 Å². The number of carbonyl (C=O) groups is 1. The molecule has 1 saturated carbocycles. The molecule has 4 heterocycles. The Morgan fingerprint density at radius 1 is 0.588 bits per heavy atom. The Bertz CT molecular complexity index is 2160. The summed E-state index contributed by atoms with van der Waals surface area (Å²) in [6.07, 6.45) is 3.92. The highest BCUT2D eigenvalue weighted by Gasteiger charge is 2.48. The molecule has 4 aromatic rings. The number of hydrogen-bond acceptors (Lipinski definition) is 7. The number of benzene rings is 4. The molecule has 4 aromatic carbocycles. The van der Waals surface area contributed by atoms with Crippen LogP contribution in [-0.4, -0.2) is 52.3 Å². The maximum Gasteiger partial charge on any atom is 0.227 e. The Balaban J connectivity index is 0.000000816. The summed E-state index contributed by atoms with van der Waals surface area (Å²) in [7, 11) is 5.89. The molecule has 1 amide bonds. The van der Waals surface area contributed by atoms with E-state index in [2.05, 4.69) is 163 Å². The van der Waals surface area contributed by atoms with E-state index >= 15 is 0 Å². The van der Waals surface area contributed by atoms with Gasteiger partial charge < -0.3 is 34.2 Å². The number of nitrogens with one attached hydrogen (secondary N) is 1. The van der Waals surface area contributed by atoms with E-state index in [1.54, 1.807) is 4.90 Å². The van der Waals surface area contributed by atoms with E-state index in [0.29, 0.717) is 23.1 Å². The summed E-state index contributed by atoms with van der Waals surface area (Å²) in [4.78, 5) is 17.2. The van der Waals surface area contributed by atoms with E-state index in [-0.39, 0.29) is 52.0 Å². The molecule has 1 N–H and O–H groups in total. The van der Waals surface area contributed by atoms with Crippen molar-refractivity contribution < 1.29 is 19.0 Å². The molecule has 1 fully saturated rings. The van der Waals surface area contributed by atoms with Gasteiger partial charge in [-0.2, -0.15) is 0 Å². The number of carbonyl (C=O) groups excluding carboxylic acids is 1. The van der Waals surface area contributed by atoms with E-state index < -0.39 is 0 Å². The summed E-state index contributed by atoms with van der Waals surface area (Å²) in [6.45, 7) is 37.4. The van der Waals surface area contributed by atoms with Crippen LogP contribution in [-0.2, 0) is 22.0 Å². The summed E-state index contributed by atoms with van der Waals surface area (Å²) in [5.74, 6) is 3.94. The molecule has 0 saturated heterocycles. The second-order valence-electron chi connectivity index (χ2n) is 22.8. The summed E-state index contributed by atoms with van der Waals surface area (Å²) < 4.78 is 17.4. The lowest BCUT2D eigenvalue weighted by atomic mass is 9.85. The number of hydrogen-bond donors (Lipinski definition) is 1. The third-order valence-electron chi connectivity index (χ3n) is 10.6. The van der Waals surface area contributed by atoms with E-state index in [1.807, 2.05) is 61.5 Å². The standard InChI is InChI=1S/C14H19NO.C13H19NO.C10H11NO.C9H9NO.2C5H12.4CH4/c1-13(2,3)10-5-4-6-11-12(10)16-14(7-8-14)9-15-11;1-13(2,3)10-6-5-7-11-12(10)15-9-8-14(11)4;1-11-9-5-3-2-4-8(9)6-7-10(11)12;1-7-10(2)8-5-3-4-6-9(8)11-7;2*1-5(2,3)4;;;;/h4-6,15H,7-9H2,1-3H3;5-7H,8-9H2,1-4H3;2-5H,6-7H2,1H3;3-6H,1H2,2H3;2*1-4H3;4*1H4. The number of anilines is 4. The van der Waals surface area contributed by atoms with E-state index in [4.69, 9.17) is 14.2 Å². The van der Waals surface area contributed by atoms with Gasteiger partial charge in [0.05, 0.1) is 30.2 Å². The monoisotopic (exact) mass is 939 g/mol. The maximum absolute atomic E-state index is 11.3. The van der Waals surface area contributed by atoms with Crippen LogP contribution in [0, 0.1) is 10.8 Å². The van der Waals surface area contributed by atoms with Gasteiger partial charge in [-0.25, -0.2) is 0 Å². The van der Waals surface area contributed by atoms with E-state index in [9.17, 15) is 4.79 Å². The molecule has 9 rings (SSSR count). The Labute approximate surface area is 417 Å². The van der Waals surface area contributed by atoms with Crippen molar-refractivity contribution >= 4 is 28.7 Å². The Hall–Kier alpha value is -5.11. The topological polar surface area (TPSA) is 66.5 Å². The Kier molecular flexibility index (Phi) is 23.6. The Morgan fingerprint density at radius 2 is 1.07 bits per heavy atom. The molecule has 5 aliphatic rings. The van der Waals surface area contributed by atoms with Gasteiger partial charge in [-0.1, -0.05) is 181 Å². The molecule has 4 aliphatic heterocycles. The molecule has 8 nitrogen and oxygen atoms in total. The zero-order chi connectivity index (χ0) is 47.8. The predicted molar refractivity (Wildman–Crippen MR) is 300 cm³/mol. The second kappa shape index (κ2) is 25.5. The van der Waals surface area contributed by atoms with Crippen LogP contribution in [0.15, 0.2) is 97.4 Å². The third kappa shape index (κ3) is 18.8. The minimum Gasteiger partial charge on any atom is -0.489 e. The summed E-state index contributed by atoms with van der Waals surface area (Å²) in [6, 6.07) is 28.7. The summed E-state index contributed by atoms with van der Waals surface area (Å²) in [5.41, 5.74) is 9.80. The number of nitrogens with zero attached hydrogens (tertiary/aromatic N) is 3. The van der Waals surface area contributed by atoms with Gasteiger partial charge in [0.1, 0.15) is 23.7 Å². The molecule has 0 unspecified atom stereocenters. The van der Waals surface area contributed by atoms with Crippen molar-refractivity contribution in [2.45, 2.75) is 169 Å². The SMILES string of the molecule is C.C.C.C.C=C1Oc2ccccc2N1C.CC(C)(C)C.CC(C)(C)C.CC(C)(C)c1cccc2c1OC1(CC1)CN2.CN1C(=O)CCc2ccccc21.CN1CCOc2c1cccc2C(C)(C)C. The fourth-order valence-corrected chi connectivity index (χ4v) is 7.02. The molecule has 0 atom stereocenters. The smallest absolute Gasteiger partial charge is 0.227 e. The van der Waals surface area contributed by atoms with Crippen molar-refractivity contribution in [3.8, 4) is 17.2 Å². The first-order valence-electron chi connectivity index (χ1n) is 23.2. The van der Waals surface area contributed by atoms with Crippen molar-refractivity contribution in [3.05, 3.63) is 114 Å². The lowest BCUT2D eigenvalue weighted by Crippen LogP contribution is -2.34. The van der Waals surface area contributed by atoms with Gasteiger partial charge in [-0.15, -0.1) is 0 Å². The van der Waals surface area contributed by atoms with Crippen LogP contribution in [0.4, 0.5) is 22.7 Å². The normalized spacial score (nSPS) is 15.4. The molecule has 1 aliphatic carbocycles. The molecule has 8 heteroatoms. The van der Waals surface area contributed by atoms with Gasteiger partial charge in [0.2, 0.25) is 5.91 Å². The fourth-order valence-electron chi connectivity index (χ4n) is 7.02. The number of ether oxygens (including phenoxy) is 3. The minimum atomic E-state index is 0. The van der Waals surface area contributed by atoms with Crippen LogP contribution in [0.1, 0.15) is 163 Å². The van der Waals surface area contributed by atoms with E-state index in [0.717, 1.165) is 60.4 Å². The largest absolute Gasteiger partial charge is 0.489 e. The van der Waals surface area contributed by atoms with Crippen LogP contribution in [0.2, 0.25) is 0 Å². The highest BCUT2D eigenvalue weighted by Crippen LogP contribution is 2.49. The first-order chi connectivity index (χ1) is 29.6. The number of para-hydroxylation sites is 5. The predicted octanol–water partition coefficient (Wildman–Crippen LogP) is 16.4. The number of amides is 1. The molecule has 0 radical (unpaired) electrons. The van der Waals surface area contributed by atoms with E-state index in [1.165, 1.54) is 35.2 Å². The molecule has 0 aromatic heterocycles. The van der Waals surface area contributed by atoms with Crippen LogP contribution < -0.4 is 34.2 Å². The highest BCUT2D eigenvalue weighted by atomic mass is 16.5. The molecular formula is C60H98N4O4. The van der Waals surface area contributed by atoms with Crippen LogP contribution in [0.5, 0.6) is 17.2 Å². The Morgan fingerprint density at radius 3 is 1.60 bits per heavy atom. The summed E-state index contributed by atoms with van der Waals surface area (Å²) >= 11 is 0. The van der Waals surface area contributed by atoms with Gasteiger partial charge >= 0.3 is 0 Å². The van der Waals surface area contributed by atoms with Crippen LogP contribution in [0.25, 0.3) is 0 Å². The molecular weight excluding hydrogens is 841 g/mol. The van der Waals surface area contributed by atoms with Crippen molar-refractivity contribution in [2.75, 3.05) is 60.9 Å². The fraction of sp³-hybridized carbons (Fsp3) is 0.550. The van der Waals surface area contributed by atoms with Crippen molar-refractivity contribution in [2.24, 2.45) is 10.8 Å². The lowest BCUT2D eigenvalue weighted by molar-refractivity contribution is -0.118. The highest BCUT2D eigenvalue weighted by molar-refractivity contribution is 5.95. The van der Waals surface area contributed by atoms with Gasteiger partial charge in [0.25, 0.3) is 0 Å². The zero-order valence-electron chi connectivity index (χ0n) is 42.7. The van der Waals surface area contributed by atoms with Crippen molar-refractivity contribution in [1.29, 1.82) is 0 Å². The second-order valence-corrected chi connectivity index (χ2v) is 22.8. The average Bonchev–Trinajstić information content (AvgIpc) is 3.88. The molecule has 68 heavy (non-hydrogen) atoms. The van der Waals surface area contributed by atoms with Gasteiger partial charge in [-0.05, 0) is 83.4 Å². The first kappa shape index (κ1) is 62.9. The number of aryl methyl sites for hydroxylation is 1. The molecule has 382 valence electrons. The van der Waals surface area contributed by atoms with Crippen LogP contribution in [0.3, 0.4) is 0 Å². The van der Waals surface area contributed by atoms with Gasteiger partial charge in [0.15, 0.2) is 11.6 Å². The number of rotatable bonds is 0. The number of likely N-dealkylation sites (N-methyl/N-ethyl adjacent to an activating group) is 1. The quantitative estimate of drug-likeness (QED) is 0.188. The zero-order valence-corrected chi connectivity index (χ0v) is 42.7. The third-order valence-corrected chi connectivity index (χ3v) is 10.6. The lowest BCUT2D eigenvalue weighted by Gasteiger charge is -2.32. The van der Waals surface area contributed by atoms with Gasteiger partial charge in [-0.3, -0.25) is 4.79 Å². The first-order valence-corrected chi connectivity index (χ1v) is 23.2.